The number of methoxy groups -OCH3 is 1. The highest BCUT2D eigenvalue weighted by Gasteiger charge is 2.16. The lowest BCUT2D eigenvalue weighted by molar-refractivity contribution is 0.0919. The van der Waals surface area contributed by atoms with Crippen molar-refractivity contribution < 1.29 is 23.5 Å². The zero-order chi connectivity index (χ0) is 19.3. The largest absolute Gasteiger partial charge is 0.485 e. The zero-order valence-electron chi connectivity index (χ0n) is 15.6. The van der Waals surface area contributed by atoms with Crippen LogP contribution < -0.4 is 4.74 Å². The molecule has 2 aromatic rings. The Kier molecular flexibility index (Phi) is 6.69. The Morgan fingerprint density at radius 3 is 2.50 bits per heavy atom. The number of halogens is 1. The molecule has 0 bridgehead atoms. The van der Waals surface area contributed by atoms with Crippen molar-refractivity contribution in [3.8, 4) is 5.75 Å². The molecule has 0 saturated carbocycles. The van der Waals surface area contributed by atoms with Crippen LogP contribution in [-0.4, -0.2) is 36.5 Å². The van der Waals surface area contributed by atoms with Crippen molar-refractivity contribution in [2.24, 2.45) is 0 Å². The first-order valence-electron chi connectivity index (χ1n) is 8.47. The second-order valence-electron chi connectivity index (χ2n) is 6.19. The summed E-state index contributed by atoms with van der Waals surface area (Å²) < 4.78 is 26.4. The molecule has 0 unspecified atom stereocenters. The highest BCUT2D eigenvalue weighted by Crippen LogP contribution is 2.19. The molecule has 0 N–H and O–H groups in total. The number of aryl methyl sites for hydroxylation is 1. The molecule has 0 atom stereocenters. The van der Waals surface area contributed by atoms with Gasteiger partial charge in [-0.15, -0.1) is 0 Å². The molecular weight excluding hydrogens is 337 g/mol. The molecule has 0 spiro atoms. The van der Waals surface area contributed by atoms with E-state index in [-0.39, 0.29) is 29.5 Å². The van der Waals surface area contributed by atoms with Crippen LogP contribution in [0.5, 0.6) is 5.75 Å². The Morgan fingerprint density at radius 2 is 1.88 bits per heavy atom. The number of nitrogens with zero attached hydrogens (tertiary/aromatic N) is 1. The van der Waals surface area contributed by atoms with E-state index in [0.717, 1.165) is 30.4 Å². The predicted octanol–water partition coefficient (Wildman–Crippen LogP) is 3.74. The number of Topliss-reactive ketones (excluding diaryl/α,β-unsaturated/α-hetero) is 2. The van der Waals surface area contributed by atoms with Gasteiger partial charge in [-0.2, -0.15) is 0 Å². The molecule has 0 fully saturated rings. The fourth-order valence-electron chi connectivity index (χ4n) is 2.89. The maximum atomic E-state index is 13.8. The fraction of sp³-hybridized carbons (Fsp3) is 0.400. The standard InChI is InChI=1S/C20H24FNO4/c1-13-10-18(14(2)22(13)8-5-9-25-4)20(24)12-26-16-6-7-17(15(3)23)19(21)11-16/h6-7,10-11H,5,8-9,12H2,1-4H3. The minimum Gasteiger partial charge on any atom is -0.485 e. The van der Waals surface area contributed by atoms with E-state index in [2.05, 4.69) is 4.57 Å². The molecule has 0 aliphatic carbocycles. The summed E-state index contributed by atoms with van der Waals surface area (Å²) in [6.07, 6.45) is 0.860. The Balaban J connectivity index is 2.05. The van der Waals surface area contributed by atoms with Crippen LogP contribution in [0.25, 0.3) is 0 Å². The third-order valence-corrected chi connectivity index (χ3v) is 4.29. The van der Waals surface area contributed by atoms with E-state index in [4.69, 9.17) is 9.47 Å². The summed E-state index contributed by atoms with van der Waals surface area (Å²) in [6.45, 7) is 6.39. The number of hydrogen-bond donors (Lipinski definition) is 0. The first kappa shape index (κ1) is 19.8. The molecule has 26 heavy (non-hydrogen) atoms. The van der Waals surface area contributed by atoms with Crippen LogP contribution in [0.3, 0.4) is 0 Å². The lowest BCUT2D eigenvalue weighted by atomic mass is 10.1. The molecule has 1 aromatic carbocycles. The van der Waals surface area contributed by atoms with Gasteiger partial charge in [0.05, 0.1) is 5.56 Å². The van der Waals surface area contributed by atoms with Crippen LogP contribution >= 0.6 is 0 Å². The molecule has 0 aliphatic rings. The van der Waals surface area contributed by atoms with Crippen molar-refractivity contribution in [3.63, 3.8) is 0 Å². The second-order valence-corrected chi connectivity index (χ2v) is 6.19. The average molecular weight is 361 g/mol. The highest BCUT2D eigenvalue weighted by atomic mass is 19.1. The Morgan fingerprint density at radius 1 is 1.15 bits per heavy atom. The van der Waals surface area contributed by atoms with E-state index >= 15 is 0 Å². The third-order valence-electron chi connectivity index (χ3n) is 4.29. The van der Waals surface area contributed by atoms with Crippen molar-refractivity contribution in [2.75, 3.05) is 20.3 Å². The van der Waals surface area contributed by atoms with Crippen LogP contribution in [0, 0.1) is 19.7 Å². The van der Waals surface area contributed by atoms with Gasteiger partial charge >= 0.3 is 0 Å². The quantitative estimate of drug-likeness (QED) is 0.504. The van der Waals surface area contributed by atoms with E-state index in [1.54, 1.807) is 7.11 Å². The van der Waals surface area contributed by atoms with E-state index in [1.165, 1.54) is 19.1 Å². The van der Waals surface area contributed by atoms with Gasteiger partial charge in [0, 0.05) is 43.3 Å². The van der Waals surface area contributed by atoms with Crippen LogP contribution in [-0.2, 0) is 11.3 Å². The monoisotopic (exact) mass is 361 g/mol. The third kappa shape index (κ3) is 4.58. The molecule has 6 heteroatoms. The maximum Gasteiger partial charge on any atom is 0.202 e. The second kappa shape index (κ2) is 8.76. The van der Waals surface area contributed by atoms with E-state index < -0.39 is 5.82 Å². The van der Waals surface area contributed by atoms with Gasteiger partial charge in [-0.25, -0.2) is 4.39 Å². The molecule has 5 nitrogen and oxygen atoms in total. The first-order valence-corrected chi connectivity index (χ1v) is 8.47. The van der Waals surface area contributed by atoms with Crippen molar-refractivity contribution >= 4 is 11.6 Å². The molecule has 140 valence electrons. The lowest BCUT2D eigenvalue weighted by Gasteiger charge is -2.10. The van der Waals surface area contributed by atoms with Crippen LogP contribution in [0.1, 0.15) is 45.4 Å². The summed E-state index contributed by atoms with van der Waals surface area (Å²) in [7, 11) is 1.66. The number of carbonyl (C=O) groups excluding carboxylic acids is 2. The average Bonchev–Trinajstić information content (AvgIpc) is 2.87. The molecular formula is C20H24FNO4. The normalized spacial score (nSPS) is 10.8. The van der Waals surface area contributed by atoms with Gasteiger partial charge in [0.15, 0.2) is 12.4 Å². The molecule has 0 aliphatic heterocycles. The Labute approximate surface area is 152 Å². The summed E-state index contributed by atoms with van der Waals surface area (Å²) in [5.41, 5.74) is 2.48. The Hall–Kier alpha value is -2.47. The van der Waals surface area contributed by atoms with Crippen molar-refractivity contribution in [3.05, 3.63) is 52.6 Å². The van der Waals surface area contributed by atoms with Crippen molar-refractivity contribution in [1.82, 2.24) is 4.57 Å². The molecule has 1 heterocycles. The Bertz CT molecular complexity index is 810. The summed E-state index contributed by atoms with van der Waals surface area (Å²) in [6, 6.07) is 5.81. The summed E-state index contributed by atoms with van der Waals surface area (Å²) in [4.78, 5) is 23.7. The number of hydrogen-bond acceptors (Lipinski definition) is 4. The SMILES string of the molecule is COCCCn1c(C)cc(C(=O)COc2ccc(C(C)=O)c(F)c2)c1C. The zero-order valence-corrected chi connectivity index (χ0v) is 15.6. The lowest BCUT2D eigenvalue weighted by Crippen LogP contribution is -2.13. The van der Waals surface area contributed by atoms with Gasteiger partial charge in [-0.3, -0.25) is 9.59 Å². The summed E-state index contributed by atoms with van der Waals surface area (Å²) >= 11 is 0. The molecule has 0 saturated heterocycles. The first-order chi connectivity index (χ1) is 12.3. The van der Waals surface area contributed by atoms with Crippen molar-refractivity contribution in [1.29, 1.82) is 0 Å². The molecule has 0 amide bonds. The summed E-state index contributed by atoms with van der Waals surface area (Å²) in [5.74, 6) is -0.966. The number of ketones is 2. The van der Waals surface area contributed by atoms with Gasteiger partial charge in [0.2, 0.25) is 5.78 Å². The molecule has 1 aromatic heterocycles. The molecule has 2 rings (SSSR count). The van der Waals surface area contributed by atoms with E-state index in [0.29, 0.717) is 12.2 Å². The topological polar surface area (TPSA) is 57.5 Å². The number of carbonyl (C=O) groups is 2. The van der Waals surface area contributed by atoms with Gasteiger partial charge in [0.1, 0.15) is 11.6 Å². The van der Waals surface area contributed by atoms with Crippen LogP contribution in [0.15, 0.2) is 24.3 Å². The van der Waals surface area contributed by atoms with Gasteiger partial charge in [-0.1, -0.05) is 0 Å². The van der Waals surface area contributed by atoms with Crippen LogP contribution in [0.2, 0.25) is 0 Å². The van der Waals surface area contributed by atoms with Crippen molar-refractivity contribution in [2.45, 2.75) is 33.7 Å². The molecule has 0 radical (unpaired) electrons. The van der Waals surface area contributed by atoms with E-state index in [9.17, 15) is 14.0 Å². The predicted molar refractivity (Wildman–Crippen MR) is 96.6 cm³/mol. The van der Waals surface area contributed by atoms with Crippen LogP contribution in [0.4, 0.5) is 4.39 Å². The van der Waals surface area contributed by atoms with Gasteiger partial charge in [0.25, 0.3) is 0 Å². The summed E-state index contributed by atoms with van der Waals surface area (Å²) in [5, 5.41) is 0. The number of ether oxygens (including phenoxy) is 2. The fourth-order valence-corrected chi connectivity index (χ4v) is 2.89. The van der Waals surface area contributed by atoms with Gasteiger partial charge < -0.3 is 14.0 Å². The smallest absolute Gasteiger partial charge is 0.202 e. The number of benzene rings is 1. The number of rotatable bonds is 9. The highest BCUT2D eigenvalue weighted by molar-refractivity contribution is 5.98. The minimum absolute atomic E-state index is 0.00304. The maximum absolute atomic E-state index is 13.8. The minimum atomic E-state index is -0.654. The van der Waals surface area contributed by atoms with E-state index in [1.807, 2.05) is 19.9 Å². The van der Waals surface area contributed by atoms with Gasteiger partial charge in [-0.05, 0) is 45.4 Å². The number of aromatic nitrogens is 1.